The molecule has 1 atom stereocenters. The third-order valence-corrected chi connectivity index (χ3v) is 4.60. The Morgan fingerprint density at radius 2 is 1.65 bits per heavy atom. The quantitative estimate of drug-likeness (QED) is 0.849. The van der Waals surface area contributed by atoms with E-state index in [1.807, 2.05) is 30.3 Å². The van der Waals surface area contributed by atoms with Crippen molar-refractivity contribution in [3.8, 4) is 11.5 Å². The highest BCUT2D eigenvalue weighted by Gasteiger charge is 2.19. The van der Waals surface area contributed by atoms with Crippen LogP contribution in [0.1, 0.15) is 26.2 Å². The van der Waals surface area contributed by atoms with Crippen LogP contribution in [-0.4, -0.2) is 32.2 Å². The van der Waals surface area contributed by atoms with Gasteiger partial charge in [-0.25, -0.2) is 0 Å². The number of amides is 1. The summed E-state index contributed by atoms with van der Waals surface area (Å²) >= 11 is 0. The molecule has 1 amide bonds. The predicted molar refractivity (Wildman–Crippen MR) is 104 cm³/mol. The van der Waals surface area contributed by atoms with Crippen LogP contribution in [0, 0.1) is 0 Å². The van der Waals surface area contributed by atoms with Crippen LogP contribution in [0.3, 0.4) is 0 Å². The summed E-state index contributed by atoms with van der Waals surface area (Å²) in [6, 6.07) is 15.2. The summed E-state index contributed by atoms with van der Waals surface area (Å²) < 4.78 is 10.9. The van der Waals surface area contributed by atoms with E-state index >= 15 is 0 Å². The molecule has 1 N–H and O–H groups in total. The van der Waals surface area contributed by atoms with Gasteiger partial charge in [-0.05, 0) is 62.6 Å². The third kappa shape index (κ3) is 4.48. The molecule has 0 unspecified atom stereocenters. The van der Waals surface area contributed by atoms with Gasteiger partial charge in [-0.3, -0.25) is 4.79 Å². The molecule has 26 heavy (non-hydrogen) atoms. The molecule has 3 rings (SSSR count). The summed E-state index contributed by atoms with van der Waals surface area (Å²) in [6.45, 7) is 3.82. The summed E-state index contributed by atoms with van der Waals surface area (Å²) in [5, 5.41) is 3.02. The van der Waals surface area contributed by atoms with Crippen molar-refractivity contribution in [2.75, 3.05) is 30.4 Å². The molecule has 0 spiro atoms. The van der Waals surface area contributed by atoms with Gasteiger partial charge in [0, 0.05) is 13.1 Å². The number of benzene rings is 2. The lowest BCUT2D eigenvalue weighted by Gasteiger charge is -2.30. The number of para-hydroxylation sites is 2. The Morgan fingerprint density at radius 1 is 1.00 bits per heavy atom. The van der Waals surface area contributed by atoms with Crippen molar-refractivity contribution < 1.29 is 14.3 Å². The van der Waals surface area contributed by atoms with Crippen molar-refractivity contribution in [1.29, 1.82) is 0 Å². The molecular formula is C21H26N2O3. The van der Waals surface area contributed by atoms with Gasteiger partial charge in [0.2, 0.25) is 0 Å². The Kier molecular flexibility index (Phi) is 6.00. The first-order valence-corrected chi connectivity index (χ1v) is 9.13. The Bertz CT molecular complexity index is 724. The van der Waals surface area contributed by atoms with Crippen LogP contribution >= 0.6 is 0 Å². The molecule has 0 aromatic heterocycles. The summed E-state index contributed by atoms with van der Waals surface area (Å²) in [6.07, 6.45) is 3.06. The zero-order chi connectivity index (χ0) is 18.4. The first-order valence-electron chi connectivity index (χ1n) is 9.13. The van der Waals surface area contributed by atoms with E-state index in [0.29, 0.717) is 5.75 Å². The Balaban J connectivity index is 1.65. The number of carbonyl (C=O) groups excluding carboxylic acids is 1. The van der Waals surface area contributed by atoms with Gasteiger partial charge in [0.1, 0.15) is 11.5 Å². The minimum absolute atomic E-state index is 0.162. The molecule has 0 bridgehead atoms. The Morgan fingerprint density at radius 3 is 2.35 bits per heavy atom. The summed E-state index contributed by atoms with van der Waals surface area (Å²) in [5.41, 5.74) is 1.92. The van der Waals surface area contributed by atoms with E-state index in [4.69, 9.17) is 9.47 Å². The van der Waals surface area contributed by atoms with Crippen molar-refractivity contribution in [2.45, 2.75) is 32.3 Å². The van der Waals surface area contributed by atoms with Crippen LogP contribution in [0.15, 0.2) is 48.5 Å². The monoisotopic (exact) mass is 354 g/mol. The van der Waals surface area contributed by atoms with Crippen LogP contribution in [0.25, 0.3) is 0 Å². The number of rotatable bonds is 6. The fraction of sp³-hybridized carbons (Fsp3) is 0.381. The van der Waals surface area contributed by atoms with Gasteiger partial charge in [0.05, 0.1) is 18.5 Å². The number of ether oxygens (including phenoxy) is 2. The molecule has 0 radical (unpaired) electrons. The van der Waals surface area contributed by atoms with Gasteiger partial charge in [-0.1, -0.05) is 12.1 Å². The fourth-order valence-electron chi connectivity index (χ4n) is 3.14. The first-order chi connectivity index (χ1) is 12.7. The minimum atomic E-state index is -0.599. The van der Waals surface area contributed by atoms with E-state index < -0.39 is 6.10 Å². The molecule has 5 nitrogen and oxygen atoms in total. The largest absolute Gasteiger partial charge is 0.497 e. The van der Waals surface area contributed by atoms with Crippen LogP contribution < -0.4 is 19.7 Å². The molecule has 5 heteroatoms. The third-order valence-electron chi connectivity index (χ3n) is 4.60. The number of hydrogen-bond donors (Lipinski definition) is 1. The highest BCUT2D eigenvalue weighted by molar-refractivity contribution is 5.97. The maximum Gasteiger partial charge on any atom is 0.265 e. The second kappa shape index (κ2) is 8.61. The molecule has 1 saturated heterocycles. The molecule has 1 aliphatic rings. The number of carbonyl (C=O) groups is 1. The first kappa shape index (κ1) is 18.1. The van der Waals surface area contributed by atoms with Crippen molar-refractivity contribution in [3.05, 3.63) is 48.5 Å². The number of piperidine rings is 1. The lowest BCUT2D eigenvalue weighted by molar-refractivity contribution is -0.122. The smallest absolute Gasteiger partial charge is 0.265 e. The van der Waals surface area contributed by atoms with E-state index in [2.05, 4.69) is 16.3 Å². The highest BCUT2D eigenvalue weighted by Crippen LogP contribution is 2.28. The molecule has 0 aliphatic carbocycles. The average molecular weight is 354 g/mol. The highest BCUT2D eigenvalue weighted by atomic mass is 16.5. The van der Waals surface area contributed by atoms with Crippen molar-refractivity contribution in [3.63, 3.8) is 0 Å². The second-order valence-electron chi connectivity index (χ2n) is 6.49. The van der Waals surface area contributed by atoms with Crippen LogP contribution in [0.2, 0.25) is 0 Å². The van der Waals surface area contributed by atoms with Crippen LogP contribution in [-0.2, 0) is 4.79 Å². The van der Waals surface area contributed by atoms with E-state index in [-0.39, 0.29) is 5.91 Å². The predicted octanol–water partition coefficient (Wildman–Crippen LogP) is 4.09. The lowest BCUT2D eigenvalue weighted by atomic mass is 10.1. The van der Waals surface area contributed by atoms with Gasteiger partial charge in [-0.15, -0.1) is 0 Å². The standard InChI is InChI=1S/C21H26N2O3/c1-16(26-18-12-10-17(25-2)11-13-18)21(24)22-19-8-4-5-9-20(19)23-14-6-3-7-15-23/h4-5,8-13,16H,3,6-7,14-15H2,1-2H3,(H,22,24)/t16-/m1/s1. The van der Waals surface area contributed by atoms with Crippen LogP contribution in [0.5, 0.6) is 11.5 Å². The van der Waals surface area contributed by atoms with E-state index in [9.17, 15) is 4.79 Å². The molecule has 1 aliphatic heterocycles. The van der Waals surface area contributed by atoms with Gasteiger partial charge in [-0.2, -0.15) is 0 Å². The van der Waals surface area contributed by atoms with E-state index in [1.165, 1.54) is 19.3 Å². The Labute approximate surface area is 154 Å². The molecular weight excluding hydrogens is 328 g/mol. The summed E-state index contributed by atoms with van der Waals surface area (Å²) in [7, 11) is 1.62. The molecule has 1 fully saturated rings. The van der Waals surface area contributed by atoms with Crippen molar-refractivity contribution >= 4 is 17.3 Å². The van der Waals surface area contributed by atoms with Crippen molar-refractivity contribution in [2.24, 2.45) is 0 Å². The maximum absolute atomic E-state index is 12.6. The summed E-state index contributed by atoms with van der Waals surface area (Å²) in [5.74, 6) is 1.23. The number of hydrogen-bond acceptors (Lipinski definition) is 4. The van der Waals surface area contributed by atoms with Gasteiger partial charge < -0.3 is 19.7 Å². The number of methoxy groups -OCH3 is 1. The fourth-order valence-corrected chi connectivity index (χ4v) is 3.14. The number of nitrogens with one attached hydrogen (secondary N) is 1. The zero-order valence-electron chi connectivity index (χ0n) is 15.4. The Hall–Kier alpha value is -2.69. The second-order valence-corrected chi connectivity index (χ2v) is 6.49. The number of anilines is 2. The zero-order valence-corrected chi connectivity index (χ0v) is 15.4. The van der Waals surface area contributed by atoms with Crippen molar-refractivity contribution in [1.82, 2.24) is 0 Å². The molecule has 1 heterocycles. The topological polar surface area (TPSA) is 50.8 Å². The van der Waals surface area contributed by atoms with Crippen LogP contribution in [0.4, 0.5) is 11.4 Å². The SMILES string of the molecule is COc1ccc(O[C@H](C)C(=O)Nc2ccccc2N2CCCCC2)cc1. The maximum atomic E-state index is 12.6. The normalized spacial score (nSPS) is 15.2. The van der Waals surface area contributed by atoms with E-state index in [0.717, 1.165) is 30.2 Å². The average Bonchev–Trinajstić information content (AvgIpc) is 2.69. The molecule has 2 aromatic carbocycles. The van der Waals surface area contributed by atoms with E-state index in [1.54, 1.807) is 26.2 Å². The van der Waals surface area contributed by atoms with Gasteiger partial charge in [0.25, 0.3) is 5.91 Å². The lowest BCUT2D eigenvalue weighted by Crippen LogP contribution is -2.33. The van der Waals surface area contributed by atoms with Gasteiger partial charge in [0.15, 0.2) is 6.10 Å². The number of nitrogens with zero attached hydrogens (tertiary/aromatic N) is 1. The summed E-state index contributed by atoms with van der Waals surface area (Å²) in [4.78, 5) is 14.9. The molecule has 2 aromatic rings. The van der Waals surface area contributed by atoms with Gasteiger partial charge >= 0.3 is 0 Å². The molecule has 138 valence electrons. The minimum Gasteiger partial charge on any atom is -0.497 e. The molecule has 0 saturated carbocycles.